The van der Waals surface area contributed by atoms with Crippen LogP contribution in [0.1, 0.15) is 18.4 Å². The first-order valence-electron chi connectivity index (χ1n) is 9.44. The molecule has 1 aromatic rings. The van der Waals surface area contributed by atoms with E-state index in [2.05, 4.69) is 16.2 Å². The molecule has 3 atom stereocenters. The molecule has 1 unspecified atom stereocenters. The number of alkyl halides is 3. The van der Waals surface area contributed by atoms with Crippen LogP contribution in [0.3, 0.4) is 0 Å². The Hall–Kier alpha value is -1.69. The number of aliphatic carboxylic acids is 1. The van der Waals surface area contributed by atoms with Gasteiger partial charge in [0.05, 0.1) is 32.1 Å². The smallest absolute Gasteiger partial charge is 0.475 e. The molecule has 29 heavy (non-hydrogen) atoms. The number of hydrogen-bond donors (Lipinski definition) is 1. The molecule has 2 aliphatic heterocycles. The highest BCUT2D eigenvalue weighted by atomic mass is 19.4. The van der Waals surface area contributed by atoms with E-state index in [0.717, 1.165) is 39.0 Å². The largest absolute Gasteiger partial charge is 0.490 e. The molecule has 0 spiro atoms. The summed E-state index contributed by atoms with van der Waals surface area (Å²) in [6.07, 6.45) is 2.47. The zero-order valence-corrected chi connectivity index (χ0v) is 16.6. The van der Waals surface area contributed by atoms with Gasteiger partial charge in [-0.3, -0.25) is 9.58 Å². The second-order valence-corrected chi connectivity index (χ2v) is 7.04. The minimum Gasteiger partial charge on any atom is -0.475 e. The van der Waals surface area contributed by atoms with Gasteiger partial charge in [-0.25, -0.2) is 4.79 Å². The third kappa shape index (κ3) is 7.25. The Morgan fingerprint density at radius 2 is 2.10 bits per heavy atom. The molecule has 3 heterocycles. The normalized spacial score (nSPS) is 25.1. The monoisotopic (exact) mass is 423 g/mol. The molecule has 1 aromatic heterocycles. The lowest BCUT2D eigenvalue weighted by Crippen LogP contribution is -2.44. The summed E-state index contributed by atoms with van der Waals surface area (Å²) >= 11 is 0. The number of carbonyl (C=O) groups is 1. The predicted molar refractivity (Wildman–Crippen MR) is 96.6 cm³/mol. The standard InChI is InChI=1S/C16H27N3O3.C2HF3O2/c1-18-11-13(10-17-18)9-15-16(22-8-7-20-2)3-5-19(15)14-4-6-21-12-14;3-2(4,5)1(6)7/h10-11,14-16H,3-9,12H2,1-2H3;(H,6,7)/t14?,15-,16+;/m0./s1. The lowest BCUT2D eigenvalue weighted by Gasteiger charge is -2.31. The van der Waals surface area contributed by atoms with Crippen LogP contribution in [-0.4, -0.2) is 90.2 Å². The molecule has 0 saturated carbocycles. The molecule has 3 rings (SSSR count). The maximum Gasteiger partial charge on any atom is 0.490 e. The molecule has 0 amide bonds. The fraction of sp³-hybridized carbons (Fsp3) is 0.778. The van der Waals surface area contributed by atoms with Gasteiger partial charge in [-0.15, -0.1) is 0 Å². The number of methoxy groups -OCH3 is 1. The van der Waals surface area contributed by atoms with Crippen molar-refractivity contribution in [1.82, 2.24) is 14.7 Å². The molecule has 11 heteroatoms. The third-order valence-electron chi connectivity index (χ3n) is 4.97. The second-order valence-electron chi connectivity index (χ2n) is 7.04. The Morgan fingerprint density at radius 3 is 2.62 bits per heavy atom. The number of rotatable bonds is 7. The van der Waals surface area contributed by atoms with Crippen LogP contribution < -0.4 is 0 Å². The number of halogens is 3. The zero-order valence-electron chi connectivity index (χ0n) is 16.6. The molecule has 0 aliphatic carbocycles. The molecule has 0 radical (unpaired) electrons. The van der Waals surface area contributed by atoms with Crippen LogP contribution in [0.5, 0.6) is 0 Å². The second kappa shape index (κ2) is 10.9. The zero-order chi connectivity index (χ0) is 21.4. The topological polar surface area (TPSA) is 86.1 Å². The first-order chi connectivity index (χ1) is 13.7. The molecule has 2 aliphatic rings. The Labute approximate surface area is 167 Å². The highest BCUT2D eigenvalue weighted by Crippen LogP contribution is 2.29. The molecular weight excluding hydrogens is 395 g/mol. The van der Waals surface area contributed by atoms with E-state index in [1.807, 2.05) is 17.9 Å². The summed E-state index contributed by atoms with van der Waals surface area (Å²) in [5.41, 5.74) is 1.28. The van der Waals surface area contributed by atoms with Crippen LogP contribution >= 0.6 is 0 Å². The molecule has 0 aromatic carbocycles. The Bertz CT molecular complexity index is 635. The van der Waals surface area contributed by atoms with E-state index in [1.165, 1.54) is 5.56 Å². The summed E-state index contributed by atoms with van der Waals surface area (Å²) in [6.45, 7) is 4.16. The van der Waals surface area contributed by atoms with E-state index >= 15 is 0 Å². The third-order valence-corrected chi connectivity index (χ3v) is 4.97. The molecule has 2 saturated heterocycles. The van der Waals surface area contributed by atoms with Gasteiger partial charge >= 0.3 is 12.1 Å². The quantitative estimate of drug-likeness (QED) is 0.665. The fourth-order valence-electron chi connectivity index (χ4n) is 3.63. The van der Waals surface area contributed by atoms with Crippen LogP contribution in [-0.2, 0) is 32.5 Å². The number of likely N-dealkylation sites (tertiary alicyclic amines) is 1. The number of hydrogen-bond acceptors (Lipinski definition) is 6. The maximum absolute atomic E-state index is 10.6. The number of carboxylic acid groups (broad SMARTS) is 1. The first kappa shape index (κ1) is 23.6. The molecule has 2 fully saturated rings. The van der Waals surface area contributed by atoms with Gasteiger partial charge in [0.1, 0.15) is 0 Å². The minimum absolute atomic E-state index is 0.274. The first-order valence-corrected chi connectivity index (χ1v) is 9.44. The van der Waals surface area contributed by atoms with Crippen molar-refractivity contribution in [3.05, 3.63) is 18.0 Å². The molecule has 0 bridgehead atoms. The van der Waals surface area contributed by atoms with Gasteiger partial charge in [0.15, 0.2) is 0 Å². The summed E-state index contributed by atoms with van der Waals surface area (Å²) in [7, 11) is 3.68. The van der Waals surface area contributed by atoms with Gasteiger partial charge in [-0.05, 0) is 24.8 Å². The highest BCUT2D eigenvalue weighted by Gasteiger charge is 2.40. The Kier molecular flexibility index (Phi) is 8.87. The van der Waals surface area contributed by atoms with Gasteiger partial charge in [-0.1, -0.05) is 0 Å². The van der Waals surface area contributed by atoms with E-state index < -0.39 is 12.1 Å². The predicted octanol–water partition coefficient (Wildman–Crippen LogP) is 1.49. The van der Waals surface area contributed by atoms with Crippen molar-refractivity contribution >= 4 is 5.97 Å². The van der Waals surface area contributed by atoms with Gasteiger partial charge in [0, 0.05) is 45.6 Å². The SMILES string of the molecule is COCCO[C@@H]1CCN(C2CCOC2)[C@H]1Cc1cnn(C)c1.O=C(O)C(F)(F)F. The van der Waals surface area contributed by atoms with Crippen molar-refractivity contribution in [1.29, 1.82) is 0 Å². The average molecular weight is 423 g/mol. The van der Waals surface area contributed by atoms with Gasteiger partial charge in [0.25, 0.3) is 0 Å². The number of aromatic nitrogens is 2. The fourth-order valence-corrected chi connectivity index (χ4v) is 3.63. The Balaban J connectivity index is 0.000000370. The summed E-state index contributed by atoms with van der Waals surface area (Å²) in [6, 6.07) is 0.949. The lowest BCUT2D eigenvalue weighted by molar-refractivity contribution is -0.192. The van der Waals surface area contributed by atoms with Crippen molar-refractivity contribution in [3.63, 3.8) is 0 Å². The van der Waals surface area contributed by atoms with Gasteiger partial charge in [0.2, 0.25) is 0 Å². The summed E-state index contributed by atoms with van der Waals surface area (Å²) in [5.74, 6) is -2.76. The van der Waals surface area contributed by atoms with E-state index in [4.69, 9.17) is 24.1 Å². The van der Waals surface area contributed by atoms with Gasteiger partial charge < -0.3 is 19.3 Å². The Morgan fingerprint density at radius 1 is 1.38 bits per heavy atom. The van der Waals surface area contributed by atoms with Crippen molar-refractivity contribution in [3.8, 4) is 0 Å². The minimum atomic E-state index is -5.08. The van der Waals surface area contributed by atoms with Crippen molar-refractivity contribution in [2.75, 3.05) is 40.1 Å². The van der Waals surface area contributed by atoms with E-state index in [-0.39, 0.29) is 6.10 Å². The van der Waals surface area contributed by atoms with E-state index in [9.17, 15) is 13.2 Å². The summed E-state index contributed by atoms with van der Waals surface area (Å²) < 4.78 is 50.4. The van der Waals surface area contributed by atoms with Gasteiger partial charge in [-0.2, -0.15) is 18.3 Å². The van der Waals surface area contributed by atoms with Crippen LogP contribution in [0.25, 0.3) is 0 Å². The average Bonchev–Trinajstić information content (AvgIpc) is 3.37. The van der Waals surface area contributed by atoms with E-state index in [1.54, 1.807) is 7.11 Å². The molecule has 166 valence electrons. The van der Waals surface area contributed by atoms with Crippen molar-refractivity contribution in [2.45, 2.75) is 43.6 Å². The molecule has 1 N–H and O–H groups in total. The number of ether oxygens (including phenoxy) is 3. The molecule has 8 nitrogen and oxygen atoms in total. The summed E-state index contributed by atoms with van der Waals surface area (Å²) in [5, 5.41) is 11.4. The molecular formula is C18H28F3N3O5. The number of aryl methyl sites for hydroxylation is 1. The number of carboxylic acids is 1. The van der Waals surface area contributed by atoms with Crippen LogP contribution in [0.4, 0.5) is 13.2 Å². The maximum atomic E-state index is 10.6. The number of nitrogens with zero attached hydrogens (tertiary/aromatic N) is 3. The lowest BCUT2D eigenvalue weighted by atomic mass is 10.0. The highest BCUT2D eigenvalue weighted by molar-refractivity contribution is 5.73. The van der Waals surface area contributed by atoms with E-state index in [0.29, 0.717) is 25.3 Å². The van der Waals surface area contributed by atoms with Crippen LogP contribution in [0.15, 0.2) is 12.4 Å². The van der Waals surface area contributed by atoms with Crippen LogP contribution in [0.2, 0.25) is 0 Å². The van der Waals surface area contributed by atoms with Crippen LogP contribution in [0, 0.1) is 0 Å². The van der Waals surface area contributed by atoms with Crippen molar-refractivity contribution in [2.24, 2.45) is 7.05 Å². The van der Waals surface area contributed by atoms with Crippen molar-refractivity contribution < 1.29 is 37.3 Å². The summed E-state index contributed by atoms with van der Waals surface area (Å²) in [4.78, 5) is 11.5.